The van der Waals surface area contributed by atoms with Crippen molar-refractivity contribution in [3.63, 3.8) is 0 Å². The van der Waals surface area contributed by atoms with Crippen LogP contribution in [0.15, 0.2) is 21.5 Å². The molecule has 0 aromatic heterocycles. The minimum Gasteiger partial charge on any atom is -0.399 e. The Balaban J connectivity index is 2.11. The van der Waals surface area contributed by atoms with Crippen molar-refractivity contribution in [2.24, 2.45) is 0 Å². The third-order valence-electron chi connectivity index (χ3n) is 3.64. The van der Waals surface area contributed by atoms with Gasteiger partial charge in [0.05, 0.1) is 4.47 Å². The predicted molar refractivity (Wildman–Crippen MR) is 84.0 cm³/mol. The number of benzene rings is 1. The van der Waals surface area contributed by atoms with Crippen LogP contribution in [-0.4, -0.2) is 39.0 Å². The normalized spacial score (nSPS) is 18.0. The maximum atomic E-state index is 14.0. The third-order valence-corrected chi connectivity index (χ3v) is 5.64. The highest BCUT2D eigenvalue weighted by molar-refractivity contribution is 9.10. The van der Waals surface area contributed by atoms with Crippen molar-refractivity contribution in [1.82, 2.24) is 9.62 Å². The quantitative estimate of drug-likeness (QED) is 0.766. The number of nitrogens with two attached hydrogens (primary N) is 1. The van der Waals surface area contributed by atoms with E-state index in [1.165, 1.54) is 6.07 Å². The fourth-order valence-electron chi connectivity index (χ4n) is 2.40. The van der Waals surface area contributed by atoms with Gasteiger partial charge in [-0.2, -0.15) is 0 Å². The monoisotopic (exact) mass is 379 g/mol. The number of anilines is 1. The lowest BCUT2D eigenvalue weighted by molar-refractivity contribution is 0.260. The minimum absolute atomic E-state index is 0.0375. The average Bonchev–Trinajstić information content (AvgIpc) is 2.94. The molecule has 0 spiro atoms. The van der Waals surface area contributed by atoms with Crippen LogP contribution in [0.5, 0.6) is 0 Å². The zero-order valence-corrected chi connectivity index (χ0v) is 14.2. The van der Waals surface area contributed by atoms with E-state index in [0.29, 0.717) is 0 Å². The highest BCUT2D eigenvalue weighted by atomic mass is 79.9. The fraction of sp³-hybridized carbons (Fsp3) is 0.538. The number of halogens is 2. The maximum Gasteiger partial charge on any atom is 0.243 e. The lowest BCUT2D eigenvalue weighted by Gasteiger charge is -2.23. The van der Waals surface area contributed by atoms with E-state index in [4.69, 9.17) is 5.73 Å². The van der Waals surface area contributed by atoms with Crippen LogP contribution in [0.4, 0.5) is 10.1 Å². The Morgan fingerprint density at radius 2 is 2.05 bits per heavy atom. The lowest BCUT2D eigenvalue weighted by Crippen LogP contribution is -2.40. The second-order valence-electron chi connectivity index (χ2n) is 5.26. The first-order chi connectivity index (χ1) is 9.81. The molecule has 8 heteroatoms. The van der Waals surface area contributed by atoms with Crippen LogP contribution >= 0.6 is 15.9 Å². The second-order valence-corrected chi connectivity index (χ2v) is 7.85. The molecule has 3 N–H and O–H groups in total. The van der Waals surface area contributed by atoms with E-state index < -0.39 is 20.7 Å². The van der Waals surface area contributed by atoms with Crippen LogP contribution < -0.4 is 10.5 Å². The Morgan fingerprint density at radius 3 is 2.67 bits per heavy atom. The van der Waals surface area contributed by atoms with E-state index in [1.807, 2.05) is 6.92 Å². The third kappa shape index (κ3) is 3.94. The molecule has 1 heterocycles. The molecule has 0 aliphatic carbocycles. The number of sulfonamides is 1. The van der Waals surface area contributed by atoms with Crippen LogP contribution in [0.2, 0.25) is 0 Å². The molecule has 1 atom stereocenters. The molecule has 5 nitrogen and oxygen atoms in total. The highest BCUT2D eigenvalue weighted by Gasteiger charge is 2.24. The summed E-state index contributed by atoms with van der Waals surface area (Å²) < 4.78 is 40.9. The number of hydrogen-bond donors (Lipinski definition) is 2. The van der Waals surface area contributed by atoms with Gasteiger partial charge in [0, 0.05) is 18.3 Å². The molecule has 1 aliphatic heterocycles. The van der Waals surface area contributed by atoms with Gasteiger partial charge in [-0.25, -0.2) is 17.5 Å². The number of rotatable bonds is 5. The Hall–Kier alpha value is -0.700. The molecule has 2 rings (SSSR count). The van der Waals surface area contributed by atoms with Crippen molar-refractivity contribution in [2.45, 2.75) is 30.7 Å². The minimum atomic E-state index is -3.92. The Morgan fingerprint density at radius 1 is 1.43 bits per heavy atom. The van der Waals surface area contributed by atoms with Gasteiger partial charge in [0.2, 0.25) is 10.0 Å². The molecule has 1 aliphatic rings. The Bertz CT molecular complexity index is 618. The zero-order valence-electron chi connectivity index (χ0n) is 11.8. The van der Waals surface area contributed by atoms with E-state index in [1.54, 1.807) is 0 Å². The maximum absolute atomic E-state index is 14.0. The second kappa shape index (κ2) is 6.60. The smallest absolute Gasteiger partial charge is 0.243 e. The summed E-state index contributed by atoms with van der Waals surface area (Å²) in [6, 6.07) is 2.54. The van der Waals surface area contributed by atoms with Gasteiger partial charge in [-0.05, 0) is 60.9 Å². The number of likely N-dealkylation sites (tertiary alicyclic amines) is 1. The van der Waals surface area contributed by atoms with Crippen LogP contribution in [0.25, 0.3) is 0 Å². The highest BCUT2D eigenvalue weighted by Crippen LogP contribution is 2.26. The van der Waals surface area contributed by atoms with Gasteiger partial charge >= 0.3 is 0 Å². The Kier molecular flexibility index (Phi) is 5.24. The van der Waals surface area contributed by atoms with Crippen molar-refractivity contribution < 1.29 is 12.8 Å². The number of nitrogen functional groups attached to an aromatic ring is 1. The number of hydrogen-bond acceptors (Lipinski definition) is 4. The van der Waals surface area contributed by atoms with Crippen LogP contribution in [0, 0.1) is 5.82 Å². The summed E-state index contributed by atoms with van der Waals surface area (Å²) in [6.07, 6.45) is 2.27. The molecular weight excluding hydrogens is 361 g/mol. The summed E-state index contributed by atoms with van der Waals surface area (Å²) in [4.78, 5) is 1.79. The van der Waals surface area contributed by atoms with Crippen molar-refractivity contribution in [2.75, 3.05) is 25.4 Å². The molecule has 1 aromatic carbocycles. The molecule has 1 saturated heterocycles. The van der Waals surface area contributed by atoms with E-state index >= 15 is 0 Å². The molecule has 1 aromatic rings. The average molecular weight is 380 g/mol. The van der Waals surface area contributed by atoms with E-state index in [9.17, 15) is 12.8 Å². The van der Waals surface area contributed by atoms with Crippen LogP contribution in [0.1, 0.15) is 19.8 Å². The molecule has 1 fully saturated rings. The number of nitrogens with zero attached hydrogens (tertiary/aromatic N) is 1. The summed E-state index contributed by atoms with van der Waals surface area (Å²) in [6.45, 7) is 4.15. The zero-order chi connectivity index (χ0) is 15.6. The topological polar surface area (TPSA) is 75.4 Å². The van der Waals surface area contributed by atoms with Gasteiger partial charge in [0.15, 0.2) is 5.82 Å². The molecule has 118 valence electrons. The molecular formula is C13H19BrFN3O2S. The van der Waals surface area contributed by atoms with Crippen LogP contribution in [0.3, 0.4) is 0 Å². The van der Waals surface area contributed by atoms with Gasteiger partial charge < -0.3 is 5.73 Å². The van der Waals surface area contributed by atoms with E-state index in [0.717, 1.165) is 32.0 Å². The fourth-order valence-corrected chi connectivity index (χ4v) is 4.26. The van der Waals surface area contributed by atoms with E-state index in [-0.39, 0.29) is 22.7 Å². The summed E-state index contributed by atoms with van der Waals surface area (Å²) in [5.41, 5.74) is 5.77. The predicted octanol–water partition coefficient (Wildman–Crippen LogP) is 1.93. The van der Waals surface area contributed by atoms with Crippen molar-refractivity contribution in [3.05, 3.63) is 22.4 Å². The summed E-state index contributed by atoms with van der Waals surface area (Å²) in [7, 11) is -3.92. The molecule has 0 amide bonds. The summed E-state index contributed by atoms with van der Waals surface area (Å²) in [5, 5.41) is 0. The summed E-state index contributed by atoms with van der Waals surface area (Å²) in [5.74, 6) is -0.828. The van der Waals surface area contributed by atoms with Gasteiger partial charge in [-0.1, -0.05) is 0 Å². The van der Waals surface area contributed by atoms with Gasteiger partial charge in [-0.15, -0.1) is 0 Å². The molecule has 0 radical (unpaired) electrons. The van der Waals surface area contributed by atoms with Crippen molar-refractivity contribution in [3.8, 4) is 0 Å². The van der Waals surface area contributed by atoms with E-state index in [2.05, 4.69) is 25.6 Å². The number of nitrogens with one attached hydrogen (secondary N) is 1. The lowest BCUT2D eigenvalue weighted by atomic mass is 10.3. The molecule has 21 heavy (non-hydrogen) atoms. The first-order valence-electron chi connectivity index (χ1n) is 6.79. The Labute approximate surface area is 132 Å². The first kappa shape index (κ1) is 16.7. The van der Waals surface area contributed by atoms with Crippen LogP contribution in [-0.2, 0) is 10.0 Å². The first-order valence-corrected chi connectivity index (χ1v) is 9.07. The van der Waals surface area contributed by atoms with Gasteiger partial charge in [0.25, 0.3) is 0 Å². The standard InChI is InChI=1S/C13H19BrFN3O2S/c1-9(18-4-2-3-5-18)8-17-21(19,20)12-7-10(16)6-11(14)13(12)15/h6-7,9,17H,2-5,8,16H2,1H3. The SMILES string of the molecule is CC(CNS(=O)(=O)c1cc(N)cc(Br)c1F)N1CCCC1. The van der Waals surface area contributed by atoms with Gasteiger partial charge in [0.1, 0.15) is 4.90 Å². The van der Waals surface area contributed by atoms with Gasteiger partial charge in [-0.3, -0.25) is 4.90 Å². The van der Waals surface area contributed by atoms with Crippen molar-refractivity contribution >= 4 is 31.6 Å². The van der Waals surface area contributed by atoms with Crippen molar-refractivity contribution in [1.29, 1.82) is 0 Å². The largest absolute Gasteiger partial charge is 0.399 e. The summed E-state index contributed by atoms with van der Waals surface area (Å²) >= 11 is 2.97. The molecule has 0 bridgehead atoms. The molecule has 1 unspecified atom stereocenters. The molecule has 0 saturated carbocycles.